The van der Waals surface area contributed by atoms with Gasteiger partial charge in [0, 0.05) is 18.7 Å². The van der Waals surface area contributed by atoms with E-state index in [4.69, 9.17) is 8.83 Å². The number of aryl methyl sites for hydroxylation is 1. The standard InChI is InChI=1S/C23H24N2O4/c1-16-6-3-9-21(17(16)2)25-13-18(12-22(25)26)23(27)24(14-19-7-4-10-28-19)15-20-8-5-11-29-20/h3-11,18H,12-15H2,1-2H3. The summed E-state index contributed by atoms with van der Waals surface area (Å²) < 4.78 is 10.9. The lowest BCUT2D eigenvalue weighted by Gasteiger charge is -2.24. The highest BCUT2D eigenvalue weighted by Crippen LogP contribution is 2.30. The van der Waals surface area contributed by atoms with Gasteiger partial charge >= 0.3 is 0 Å². The maximum Gasteiger partial charge on any atom is 0.228 e. The number of carbonyl (C=O) groups is 2. The van der Waals surface area contributed by atoms with Crippen LogP contribution in [0.1, 0.15) is 29.1 Å². The summed E-state index contributed by atoms with van der Waals surface area (Å²) in [5, 5.41) is 0. The Kier molecular flexibility index (Phi) is 5.25. The minimum atomic E-state index is -0.396. The number of anilines is 1. The first-order chi connectivity index (χ1) is 14.0. The SMILES string of the molecule is Cc1cccc(N2CC(C(=O)N(Cc3ccco3)Cc3ccco3)CC2=O)c1C. The van der Waals surface area contributed by atoms with Crippen LogP contribution in [0.3, 0.4) is 0 Å². The summed E-state index contributed by atoms with van der Waals surface area (Å²) >= 11 is 0. The molecule has 1 aliphatic rings. The van der Waals surface area contributed by atoms with E-state index in [1.807, 2.05) is 44.2 Å². The van der Waals surface area contributed by atoms with E-state index in [0.717, 1.165) is 16.8 Å². The zero-order valence-corrected chi connectivity index (χ0v) is 16.6. The lowest BCUT2D eigenvalue weighted by atomic mass is 10.1. The van der Waals surface area contributed by atoms with Gasteiger partial charge in [-0.2, -0.15) is 0 Å². The van der Waals surface area contributed by atoms with Crippen molar-refractivity contribution in [3.8, 4) is 0 Å². The molecule has 29 heavy (non-hydrogen) atoms. The molecule has 150 valence electrons. The summed E-state index contributed by atoms with van der Waals surface area (Å²) in [5.74, 6) is 0.903. The van der Waals surface area contributed by atoms with E-state index in [9.17, 15) is 9.59 Å². The largest absolute Gasteiger partial charge is 0.467 e. The molecule has 1 unspecified atom stereocenters. The maximum absolute atomic E-state index is 13.3. The first kappa shape index (κ1) is 19.1. The fourth-order valence-corrected chi connectivity index (χ4v) is 3.79. The van der Waals surface area contributed by atoms with Gasteiger partial charge in [-0.25, -0.2) is 0 Å². The molecule has 6 nitrogen and oxygen atoms in total. The summed E-state index contributed by atoms with van der Waals surface area (Å²) in [7, 11) is 0. The number of hydrogen-bond acceptors (Lipinski definition) is 4. The van der Waals surface area contributed by atoms with Crippen molar-refractivity contribution >= 4 is 17.5 Å². The lowest BCUT2D eigenvalue weighted by Crippen LogP contribution is -2.36. The zero-order chi connectivity index (χ0) is 20.4. The minimum absolute atomic E-state index is 0.0204. The summed E-state index contributed by atoms with van der Waals surface area (Å²) in [6.45, 7) is 5.08. The molecule has 6 heteroatoms. The highest BCUT2D eigenvalue weighted by molar-refractivity contribution is 6.00. The molecule has 0 N–H and O–H groups in total. The van der Waals surface area contributed by atoms with E-state index in [0.29, 0.717) is 31.2 Å². The van der Waals surface area contributed by atoms with Crippen molar-refractivity contribution in [2.24, 2.45) is 5.92 Å². The normalized spacial score (nSPS) is 16.4. The second-order valence-electron chi connectivity index (χ2n) is 7.48. The van der Waals surface area contributed by atoms with Gasteiger partial charge in [0.2, 0.25) is 11.8 Å². The summed E-state index contributed by atoms with van der Waals surface area (Å²) in [6.07, 6.45) is 3.39. The Labute approximate surface area is 169 Å². The van der Waals surface area contributed by atoms with E-state index in [-0.39, 0.29) is 18.2 Å². The van der Waals surface area contributed by atoms with Crippen molar-refractivity contribution in [3.05, 3.63) is 77.6 Å². The van der Waals surface area contributed by atoms with Crippen LogP contribution in [-0.2, 0) is 22.7 Å². The third-order valence-electron chi connectivity index (χ3n) is 5.51. The minimum Gasteiger partial charge on any atom is -0.467 e. The highest BCUT2D eigenvalue weighted by atomic mass is 16.3. The number of carbonyl (C=O) groups excluding carboxylic acids is 2. The van der Waals surface area contributed by atoms with Crippen LogP contribution in [0.2, 0.25) is 0 Å². The van der Waals surface area contributed by atoms with Gasteiger partial charge in [-0.15, -0.1) is 0 Å². The second-order valence-corrected chi connectivity index (χ2v) is 7.48. The van der Waals surface area contributed by atoms with Crippen molar-refractivity contribution in [1.29, 1.82) is 0 Å². The Balaban J connectivity index is 1.54. The van der Waals surface area contributed by atoms with Crippen molar-refractivity contribution in [2.75, 3.05) is 11.4 Å². The third kappa shape index (κ3) is 3.97. The number of furan rings is 2. The van der Waals surface area contributed by atoms with E-state index in [1.54, 1.807) is 34.5 Å². The van der Waals surface area contributed by atoms with E-state index >= 15 is 0 Å². The molecule has 1 aromatic carbocycles. The molecule has 0 saturated carbocycles. The van der Waals surface area contributed by atoms with E-state index in [2.05, 4.69) is 0 Å². The molecule has 0 spiro atoms. The average molecular weight is 392 g/mol. The molecule has 3 heterocycles. The average Bonchev–Trinajstić information content (AvgIpc) is 3.46. The first-order valence-corrected chi connectivity index (χ1v) is 9.73. The molecule has 1 saturated heterocycles. The van der Waals surface area contributed by atoms with Crippen LogP contribution in [0, 0.1) is 19.8 Å². The molecule has 3 aromatic rings. The number of amides is 2. The van der Waals surface area contributed by atoms with Crippen LogP contribution < -0.4 is 4.90 Å². The van der Waals surface area contributed by atoms with Crippen LogP contribution in [0.25, 0.3) is 0 Å². The highest BCUT2D eigenvalue weighted by Gasteiger charge is 2.38. The van der Waals surface area contributed by atoms with Crippen molar-refractivity contribution in [2.45, 2.75) is 33.4 Å². The van der Waals surface area contributed by atoms with Gasteiger partial charge in [0.15, 0.2) is 0 Å². The Hall–Kier alpha value is -3.28. The number of nitrogens with zero attached hydrogens (tertiary/aromatic N) is 2. The van der Waals surface area contributed by atoms with Gasteiger partial charge < -0.3 is 18.6 Å². The van der Waals surface area contributed by atoms with E-state index in [1.165, 1.54) is 0 Å². The fraction of sp³-hybridized carbons (Fsp3) is 0.304. The molecule has 2 amide bonds. The molecule has 2 aromatic heterocycles. The quantitative estimate of drug-likeness (QED) is 0.634. The predicted molar refractivity (Wildman–Crippen MR) is 108 cm³/mol. The van der Waals surface area contributed by atoms with Crippen LogP contribution in [0.4, 0.5) is 5.69 Å². The Bertz CT molecular complexity index is 956. The molecule has 0 radical (unpaired) electrons. The van der Waals surface area contributed by atoms with Gasteiger partial charge in [0.05, 0.1) is 31.5 Å². The molecule has 0 bridgehead atoms. The van der Waals surface area contributed by atoms with Crippen molar-refractivity contribution in [3.63, 3.8) is 0 Å². The Morgan fingerprint density at radius 2 is 1.69 bits per heavy atom. The molecule has 4 rings (SSSR count). The molecular formula is C23H24N2O4. The summed E-state index contributed by atoms with van der Waals surface area (Å²) in [6, 6.07) is 13.2. The Morgan fingerprint density at radius 1 is 1.03 bits per heavy atom. The topological polar surface area (TPSA) is 66.9 Å². The molecule has 1 aliphatic heterocycles. The van der Waals surface area contributed by atoms with Gasteiger partial charge in [-0.3, -0.25) is 9.59 Å². The van der Waals surface area contributed by atoms with Crippen LogP contribution >= 0.6 is 0 Å². The summed E-state index contributed by atoms with van der Waals surface area (Å²) in [4.78, 5) is 29.5. The smallest absolute Gasteiger partial charge is 0.228 e. The monoisotopic (exact) mass is 392 g/mol. The van der Waals surface area contributed by atoms with Gasteiger partial charge in [0.25, 0.3) is 0 Å². The number of benzene rings is 1. The first-order valence-electron chi connectivity index (χ1n) is 9.73. The number of hydrogen-bond donors (Lipinski definition) is 0. The second kappa shape index (κ2) is 7.99. The maximum atomic E-state index is 13.3. The zero-order valence-electron chi connectivity index (χ0n) is 16.6. The molecule has 0 aliphatic carbocycles. The van der Waals surface area contributed by atoms with E-state index < -0.39 is 5.92 Å². The van der Waals surface area contributed by atoms with Crippen molar-refractivity contribution in [1.82, 2.24) is 4.90 Å². The Morgan fingerprint density at radius 3 is 2.28 bits per heavy atom. The molecule has 1 atom stereocenters. The third-order valence-corrected chi connectivity index (χ3v) is 5.51. The van der Waals surface area contributed by atoms with Crippen molar-refractivity contribution < 1.29 is 18.4 Å². The summed E-state index contributed by atoms with van der Waals surface area (Å²) in [5.41, 5.74) is 3.08. The van der Waals surface area contributed by atoms with Gasteiger partial charge in [0.1, 0.15) is 11.5 Å². The van der Waals surface area contributed by atoms with Crippen LogP contribution in [-0.4, -0.2) is 23.3 Å². The van der Waals surface area contributed by atoms with Gasteiger partial charge in [-0.05, 0) is 55.3 Å². The van der Waals surface area contributed by atoms with Gasteiger partial charge in [-0.1, -0.05) is 12.1 Å². The molecular weight excluding hydrogens is 368 g/mol. The number of rotatable bonds is 6. The van der Waals surface area contributed by atoms with Crippen LogP contribution in [0.5, 0.6) is 0 Å². The lowest BCUT2D eigenvalue weighted by molar-refractivity contribution is -0.137. The fourth-order valence-electron chi connectivity index (χ4n) is 3.79. The molecule has 1 fully saturated rings. The van der Waals surface area contributed by atoms with Crippen LogP contribution in [0.15, 0.2) is 63.8 Å². The predicted octanol–water partition coefficient (Wildman–Crippen LogP) is 4.07.